The summed E-state index contributed by atoms with van der Waals surface area (Å²) in [6, 6.07) is 74.4. The van der Waals surface area contributed by atoms with Crippen molar-refractivity contribution in [2.45, 2.75) is 27.7 Å². The standard InChI is InChI=1S/C64H45N5/c1-40-27-41(2)30-52(29-40)50-23-25-61-57(33-50)58-34-51(53-31-42(3)28-43(4)32-53)24-26-62(58)69(61)63-55(46-19-15-44(38-65)16-20-46)35-54(36-56(63)47-21-17-45(39-66)18-22-47)64-67-59(48-11-7-5-8-12-48)37-60(68-64)49-13-9-6-10-14-49/h5-37H,1-4H3. The molecule has 5 heteroatoms. The Labute approximate surface area is 402 Å². The van der Waals surface area contributed by atoms with Gasteiger partial charge in [-0.15, -0.1) is 0 Å². The number of hydrogen-bond acceptors (Lipinski definition) is 4. The molecule has 9 aromatic carbocycles. The Morgan fingerprint density at radius 2 is 0.739 bits per heavy atom. The molecule has 0 fully saturated rings. The fraction of sp³-hybridized carbons (Fsp3) is 0.0625. The minimum absolute atomic E-state index is 0.574. The molecule has 69 heavy (non-hydrogen) atoms. The van der Waals surface area contributed by atoms with Gasteiger partial charge in [0.05, 0.1) is 51.4 Å². The Morgan fingerprint density at radius 1 is 0.348 bits per heavy atom. The summed E-state index contributed by atoms with van der Waals surface area (Å²) in [5.41, 5.74) is 21.8. The van der Waals surface area contributed by atoms with E-state index in [1.54, 1.807) is 0 Å². The molecule has 0 radical (unpaired) electrons. The monoisotopic (exact) mass is 883 g/mol. The Hall–Kier alpha value is -9.16. The summed E-state index contributed by atoms with van der Waals surface area (Å²) >= 11 is 0. The first-order chi connectivity index (χ1) is 33.7. The molecule has 0 bridgehead atoms. The Morgan fingerprint density at radius 3 is 1.13 bits per heavy atom. The third-order valence-corrected chi connectivity index (χ3v) is 13.0. The van der Waals surface area contributed by atoms with Crippen molar-refractivity contribution in [1.29, 1.82) is 10.5 Å². The van der Waals surface area contributed by atoms with Crippen LogP contribution >= 0.6 is 0 Å². The van der Waals surface area contributed by atoms with Crippen LogP contribution in [0.15, 0.2) is 200 Å². The van der Waals surface area contributed by atoms with Crippen molar-refractivity contribution >= 4 is 21.8 Å². The maximum absolute atomic E-state index is 9.99. The summed E-state index contributed by atoms with van der Waals surface area (Å²) in [5, 5.41) is 22.2. The van der Waals surface area contributed by atoms with E-state index in [2.05, 4.69) is 160 Å². The van der Waals surface area contributed by atoms with Crippen LogP contribution in [0.25, 0.3) is 106 Å². The highest BCUT2D eigenvalue weighted by atomic mass is 15.0. The minimum atomic E-state index is 0.574. The lowest BCUT2D eigenvalue weighted by molar-refractivity contribution is 1.17. The number of nitrogens with zero attached hydrogens (tertiary/aromatic N) is 5. The van der Waals surface area contributed by atoms with Crippen LogP contribution in [0.5, 0.6) is 0 Å². The van der Waals surface area contributed by atoms with Crippen molar-refractivity contribution in [3.8, 4) is 96.2 Å². The number of aryl methyl sites for hydroxylation is 4. The normalized spacial score (nSPS) is 11.2. The molecule has 0 aliphatic heterocycles. The molecule has 0 amide bonds. The summed E-state index contributed by atoms with van der Waals surface area (Å²) in [6.07, 6.45) is 0. The van der Waals surface area contributed by atoms with Gasteiger partial charge < -0.3 is 4.57 Å². The maximum Gasteiger partial charge on any atom is 0.160 e. The van der Waals surface area contributed by atoms with E-state index >= 15 is 0 Å². The third kappa shape index (κ3) is 8.14. The molecular weight excluding hydrogens is 839 g/mol. The average Bonchev–Trinajstić information content (AvgIpc) is 3.70. The summed E-state index contributed by atoms with van der Waals surface area (Å²) < 4.78 is 2.41. The molecule has 11 aromatic rings. The van der Waals surface area contributed by atoms with E-state index in [0.29, 0.717) is 17.0 Å². The fourth-order valence-corrected chi connectivity index (χ4v) is 9.89. The summed E-state index contributed by atoms with van der Waals surface area (Å²) in [5.74, 6) is 0.574. The van der Waals surface area contributed by atoms with Crippen LogP contribution in [-0.2, 0) is 0 Å². The largest absolute Gasteiger partial charge is 0.308 e. The topological polar surface area (TPSA) is 78.3 Å². The lowest BCUT2D eigenvalue weighted by Gasteiger charge is -2.21. The van der Waals surface area contributed by atoms with Crippen molar-refractivity contribution in [3.63, 3.8) is 0 Å². The van der Waals surface area contributed by atoms with Gasteiger partial charge in [0.1, 0.15) is 0 Å². The number of benzene rings is 9. The number of hydrogen-bond donors (Lipinski definition) is 0. The lowest BCUT2D eigenvalue weighted by atomic mass is 9.91. The van der Waals surface area contributed by atoms with E-state index in [1.165, 1.54) is 33.4 Å². The van der Waals surface area contributed by atoms with Crippen molar-refractivity contribution in [2.75, 3.05) is 0 Å². The van der Waals surface area contributed by atoms with Gasteiger partial charge in [0.2, 0.25) is 0 Å². The van der Waals surface area contributed by atoms with Crippen LogP contribution in [0, 0.1) is 50.4 Å². The van der Waals surface area contributed by atoms with Crippen molar-refractivity contribution in [1.82, 2.24) is 14.5 Å². The van der Waals surface area contributed by atoms with Gasteiger partial charge in [-0.1, -0.05) is 156 Å². The van der Waals surface area contributed by atoms with Crippen LogP contribution in [0.3, 0.4) is 0 Å². The van der Waals surface area contributed by atoms with Crippen LogP contribution in [-0.4, -0.2) is 14.5 Å². The summed E-state index contributed by atoms with van der Waals surface area (Å²) in [6.45, 7) is 8.62. The molecule has 0 aliphatic rings. The maximum atomic E-state index is 9.99. The second-order valence-electron chi connectivity index (χ2n) is 18.0. The highest BCUT2D eigenvalue weighted by Gasteiger charge is 2.24. The van der Waals surface area contributed by atoms with E-state index in [4.69, 9.17) is 9.97 Å². The van der Waals surface area contributed by atoms with E-state index < -0.39 is 0 Å². The van der Waals surface area contributed by atoms with Crippen LogP contribution < -0.4 is 0 Å². The Balaban J connectivity index is 1.26. The number of nitriles is 2. The van der Waals surface area contributed by atoms with Crippen molar-refractivity contribution < 1.29 is 0 Å². The number of fused-ring (bicyclic) bond motifs is 3. The third-order valence-electron chi connectivity index (χ3n) is 13.0. The molecule has 5 nitrogen and oxygen atoms in total. The highest BCUT2D eigenvalue weighted by molar-refractivity contribution is 6.13. The predicted octanol–water partition coefficient (Wildman–Crippen LogP) is 16.2. The number of rotatable bonds is 8. The molecule has 0 saturated heterocycles. The van der Waals surface area contributed by atoms with Gasteiger partial charge in [0, 0.05) is 38.6 Å². The Bertz CT molecular complexity index is 3580. The van der Waals surface area contributed by atoms with Crippen molar-refractivity contribution in [3.05, 3.63) is 234 Å². The van der Waals surface area contributed by atoms with Gasteiger partial charge >= 0.3 is 0 Å². The van der Waals surface area contributed by atoms with Gasteiger partial charge in [-0.25, -0.2) is 9.97 Å². The molecule has 2 heterocycles. The molecule has 0 aliphatic carbocycles. The van der Waals surface area contributed by atoms with E-state index in [9.17, 15) is 10.5 Å². The molecule has 0 spiro atoms. The van der Waals surface area contributed by atoms with Crippen LogP contribution in [0.4, 0.5) is 0 Å². The molecule has 0 saturated carbocycles. The molecule has 326 valence electrons. The smallest absolute Gasteiger partial charge is 0.160 e. The highest BCUT2D eigenvalue weighted by Crippen LogP contribution is 2.45. The molecule has 0 N–H and O–H groups in total. The first-order valence-corrected chi connectivity index (χ1v) is 23.1. The molecule has 11 rings (SSSR count). The molecule has 0 unspecified atom stereocenters. The zero-order valence-electron chi connectivity index (χ0n) is 38.8. The van der Waals surface area contributed by atoms with Gasteiger partial charge in [0.25, 0.3) is 0 Å². The fourth-order valence-electron chi connectivity index (χ4n) is 9.89. The van der Waals surface area contributed by atoms with E-state index in [-0.39, 0.29) is 0 Å². The molecule has 2 aromatic heterocycles. The zero-order valence-corrected chi connectivity index (χ0v) is 38.8. The van der Waals surface area contributed by atoms with Gasteiger partial charge in [-0.05, 0) is 128 Å². The first-order valence-electron chi connectivity index (χ1n) is 23.1. The Kier molecular flexibility index (Phi) is 10.8. The van der Waals surface area contributed by atoms with E-state index in [1.807, 2.05) is 84.9 Å². The molecule has 0 atom stereocenters. The second kappa shape index (κ2) is 17.6. The van der Waals surface area contributed by atoms with E-state index in [0.717, 1.165) is 89.0 Å². The van der Waals surface area contributed by atoms with Crippen LogP contribution in [0.2, 0.25) is 0 Å². The molecular formula is C64H45N5. The number of aromatic nitrogens is 3. The zero-order chi connectivity index (χ0) is 47.2. The second-order valence-corrected chi connectivity index (χ2v) is 18.0. The minimum Gasteiger partial charge on any atom is -0.308 e. The van der Waals surface area contributed by atoms with Crippen LogP contribution in [0.1, 0.15) is 33.4 Å². The average molecular weight is 884 g/mol. The lowest BCUT2D eigenvalue weighted by Crippen LogP contribution is -2.03. The quantitative estimate of drug-likeness (QED) is 0.152. The summed E-state index contributed by atoms with van der Waals surface area (Å²) in [4.78, 5) is 10.6. The predicted molar refractivity (Wildman–Crippen MR) is 283 cm³/mol. The van der Waals surface area contributed by atoms with Crippen molar-refractivity contribution in [2.24, 2.45) is 0 Å². The SMILES string of the molecule is Cc1cc(C)cc(-c2ccc3c(c2)c2cc(-c4cc(C)cc(C)c4)ccc2n3-c2c(-c3ccc(C#N)cc3)cc(-c3nc(-c4ccccc4)cc(-c4ccccc4)n3)cc2-c2ccc(C#N)cc2)c1. The van der Waals surface area contributed by atoms with Gasteiger partial charge in [-0.2, -0.15) is 10.5 Å². The first kappa shape index (κ1) is 42.5. The van der Waals surface area contributed by atoms with Gasteiger partial charge in [0.15, 0.2) is 5.82 Å². The van der Waals surface area contributed by atoms with Gasteiger partial charge in [-0.3, -0.25) is 0 Å². The summed E-state index contributed by atoms with van der Waals surface area (Å²) in [7, 11) is 0.